The second-order valence-electron chi connectivity index (χ2n) is 8.58. The van der Waals surface area contributed by atoms with Crippen molar-refractivity contribution in [1.82, 2.24) is 15.2 Å². The Kier molecular flexibility index (Phi) is 6.49. The zero-order valence-corrected chi connectivity index (χ0v) is 19.9. The van der Waals surface area contributed by atoms with Crippen LogP contribution < -0.4 is 14.8 Å². The topological polar surface area (TPSA) is 80.8 Å². The molecule has 1 N–H and O–H groups in total. The van der Waals surface area contributed by atoms with Crippen molar-refractivity contribution in [2.45, 2.75) is 32.1 Å². The zero-order chi connectivity index (χ0) is 23.5. The molecule has 2 amide bonds. The van der Waals surface area contributed by atoms with Gasteiger partial charge in [0.25, 0.3) is 11.8 Å². The highest BCUT2D eigenvalue weighted by Gasteiger charge is 2.31. The van der Waals surface area contributed by atoms with Crippen molar-refractivity contribution < 1.29 is 19.1 Å². The largest absolute Gasteiger partial charge is 0.454 e. The van der Waals surface area contributed by atoms with Crippen LogP contribution in [0.1, 0.15) is 55.7 Å². The number of carbonyl (C=O) groups is 2. The van der Waals surface area contributed by atoms with E-state index in [9.17, 15) is 9.59 Å². The Hall–Kier alpha value is -3.39. The minimum Gasteiger partial charge on any atom is -0.454 e. The number of rotatable bonds is 6. The van der Waals surface area contributed by atoms with Crippen molar-refractivity contribution in [3.05, 3.63) is 75.2 Å². The summed E-state index contributed by atoms with van der Waals surface area (Å²) < 4.78 is 10.9. The summed E-state index contributed by atoms with van der Waals surface area (Å²) in [5, 5.41) is 5.09. The lowest BCUT2D eigenvalue weighted by molar-refractivity contribution is 0.0706. The number of para-hydroxylation sites is 1. The third-order valence-electron chi connectivity index (χ3n) is 6.34. The van der Waals surface area contributed by atoms with E-state index < -0.39 is 0 Å². The van der Waals surface area contributed by atoms with Crippen LogP contribution in [-0.4, -0.2) is 48.1 Å². The number of aromatic nitrogens is 1. The standard InChI is InChI=1S/C26H27N3O4S/c1-17-7-8-20(25(30)27-12-9-19-4-3-15-34-19)23(28-17)18-10-13-29(14-11-18)26(31)21-5-2-6-22-24(21)33-16-32-22/h2-8,15,18H,9-14,16H2,1H3,(H,27,30). The number of hydrogen-bond acceptors (Lipinski definition) is 6. The van der Waals surface area contributed by atoms with Gasteiger partial charge in [-0.2, -0.15) is 0 Å². The normalized spacial score (nSPS) is 15.4. The van der Waals surface area contributed by atoms with Crippen LogP contribution in [-0.2, 0) is 6.42 Å². The first-order valence-electron chi connectivity index (χ1n) is 11.6. The number of aryl methyl sites for hydroxylation is 1. The molecule has 2 aliphatic rings. The summed E-state index contributed by atoms with van der Waals surface area (Å²) >= 11 is 1.69. The molecule has 1 aromatic carbocycles. The highest BCUT2D eigenvalue weighted by atomic mass is 32.1. The molecule has 176 valence electrons. The Morgan fingerprint density at radius 3 is 2.74 bits per heavy atom. The average molecular weight is 478 g/mol. The van der Waals surface area contributed by atoms with Crippen molar-refractivity contribution in [2.24, 2.45) is 0 Å². The number of piperidine rings is 1. The van der Waals surface area contributed by atoms with Crippen LogP contribution >= 0.6 is 11.3 Å². The summed E-state index contributed by atoms with van der Waals surface area (Å²) in [6.07, 6.45) is 2.32. The summed E-state index contributed by atoms with van der Waals surface area (Å²) in [6.45, 7) is 3.87. The number of amides is 2. The number of fused-ring (bicyclic) bond motifs is 1. The lowest BCUT2D eigenvalue weighted by Crippen LogP contribution is -2.38. The molecule has 2 aliphatic heterocycles. The lowest BCUT2D eigenvalue weighted by Gasteiger charge is -2.32. The number of ether oxygens (including phenoxy) is 2. The SMILES string of the molecule is Cc1ccc(C(=O)NCCc2cccs2)c(C2CCN(C(=O)c3cccc4c3OCO4)CC2)n1. The number of nitrogens with one attached hydrogen (secondary N) is 1. The molecule has 2 aromatic heterocycles. The minimum absolute atomic E-state index is 0.0513. The molecular weight excluding hydrogens is 450 g/mol. The van der Waals surface area contributed by atoms with Crippen LogP contribution in [0.15, 0.2) is 47.8 Å². The highest BCUT2D eigenvalue weighted by molar-refractivity contribution is 7.09. The fourth-order valence-corrected chi connectivity index (χ4v) is 5.26. The summed E-state index contributed by atoms with van der Waals surface area (Å²) in [7, 11) is 0. The Bertz CT molecular complexity index is 1190. The van der Waals surface area contributed by atoms with Crippen molar-refractivity contribution in [1.29, 1.82) is 0 Å². The maximum Gasteiger partial charge on any atom is 0.257 e. The molecule has 8 heteroatoms. The van der Waals surface area contributed by atoms with E-state index in [0.29, 0.717) is 42.3 Å². The molecule has 3 aromatic rings. The molecule has 5 rings (SSSR count). The lowest BCUT2D eigenvalue weighted by atomic mass is 9.89. The Labute approximate surface area is 202 Å². The van der Waals surface area contributed by atoms with E-state index in [1.54, 1.807) is 17.4 Å². The minimum atomic E-state index is -0.0884. The van der Waals surface area contributed by atoms with E-state index in [-0.39, 0.29) is 24.5 Å². The van der Waals surface area contributed by atoms with Gasteiger partial charge in [0.05, 0.1) is 16.8 Å². The van der Waals surface area contributed by atoms with Crippen LogP contribution in [0.5, 0.6) is 11.5 Å². The molecular formula is C26H27N3O4S. The van der Waals surface area contributed by atoms with Gasteiger partial charge in [-0.25, -0.2) is 0 Å². The average Bonchev–Trinajstić information content (AvgIpc) is 3.55. The Morgan fingerprint density at radius 2 is 1.94 bits per heavy atom. The molecule has 0 atom stereocenters. The van der Waals surface area contributed by atoms with E-state index in [0.717, 1.165) is 30.7 Å². The van der Waals surface area contributed by atoms with Crippen LogP contribution in [0.4, 0.5) is 0 Å². The van der Waals surface area contributed by atoms with Crippen LogP contribution in [0.2, 0.25) is 0 Å². The van der Waals surface area contributed by atoms with Crippen molar-refractivity contribution in [3.8, 4) is 11.5 Å². The van der Waals surface area contributed by atoms with Gasteiger partial charge in [0.2, 0.25) is 6.79 Å². The van der Waals surface area contributed by atoms with Gasteiger partial charge < -0.3 is 19.7 Å². The van der Waals surface area contributed by atoms with Gasteiger partial charge in [0.1, 0.15) is 0 Å². The number of thiophene rings is 1. The van der Waals surface area contributed by atoms with Gasteiger partial charge >= 0.3 is 0 Å². The van der Waals surface area contributed by atoms with Crippen molar-refractivity contribution in [2.75, 3.05) is 26.4 Å². The molecule has 4 heterocycles. The number of hydrogen-bond donors (Lipinski definition) is 1. The van der Waals surface area contributed by atoms with E-state index in [1.165, 1.54) is 4.88 Å². The monoisotopic (exact) mass is 477 g/mol. The van der Waals surface area contributed by atoms with Crippen LogP contribution in [0.25, 0.3) is 0 Å². The van der Waals surface area contributed by atoms with Gasteiger partial charge in [0, 0.05) is 36.1 Å². The second-order valence-corrected chi connectivity index (χ2v) is 9.61. The zero-order valence-electron chi connectivity index (χ0n) is 19.1. The first kappa shape index (κ1) is 22.4. The smallest absolute Gasteiger partial charge is 0.257 e. The molecule has 0 radical (unpaired) electrons. The molecule has 34 heavy (non-hydrogen) atoms. The van der Waals surface area contributed by atoms with Crippen molar-refractivity contribution >= 4 is 23.2 Å². The van der Waals surface area contributed by atoms with Gasteiger partial charge in [-0.3, -0.25) is 14.6 Å². The van der Waals surface area contributed by atoms with Gasteiger partial charge in [0.15, 0.2) is 11.5 Å². The van der Waals surface area contributed by atoms with E-state index in [4.69, 9.17) is 14.5 Å². The van der Waals surface area contributed by atoms with Crippen LogP contribution in [0, 0.1) is 6.92 Å². The molecule has 1 fully saturated rings. The van der Waals surface area contributed by atoms with Crippen LogP contribution in [0.3, 0.4) is 0 Å². The van der Waals surface area contributed by atoms with E-state index in [2.05, 4.69) is 11.4 Å². The fraction of sp³-hybridized carbons (Fsp3) is 0.346. The first-order chi connectivity index (χ1) is 16.6. The number of carbonyl (C=O) groups excluding carboxylic acids is 2. The molecule has 0 aliphatic carbocycles. The maximum absolute atomic E-state index is 13.2. The third-order valence-corrected chi connectivity index (χ3v) is 7.28. The molecule has 1 saturated heterocycles. The number of pyridine rings is 1. The summed E-state index contributed by atoms with van der Waals surface area (Å²) in [6, 6.07) is 13.3. The van der Waals surface area contributed by atoms with E-state index in [1.807, 2.05) is 47.5 Å². The fourth-order valence-electron chi connectivity index (χ4n) is 4.55. The van der Waals surface area contributed by atoms with Gasteiger partial charge in [-0.05, 0) is 61.9 Å². The van der Waals surface area contributed by atoms with E-state index >= 15 is 0 Å². The first-order valence-corrected chi connectivity index (χ1v) is 12.4. The predicted molar refractivity (Wildman–Crippen MR) is 130 cm³/mol. The number of likely N-dealkylation sites (tertiary alicyclic amines) is 1. The quantitative estimate of drug-likeness (QED) is 0.576. The third kappa shape index (κ3) is 4.63. The highest BCUT2D eigenvalue weighted by Crippen LogP contribution is 2.37. The Balaban J connectivity index is 1.25. The molecule has 0 bridgehead atoms. The van der Waals surface area contributed by atoms with Crippen molar-refractivity contribution in [3.63, 3.8) is 0 Å². The summed E-state index contributed by atoms with van der Waals surface area (Å²) in [4.78, 5) is 34.0. The number of nitrogens with zero attached hydrogens (tertiary/aromatic N) is 2. The summed E-state index contributed by atoms with van der Waals surface area (Å²) in [5.41, 5.74) is 2.89. The second kappa shape index (κ2) is 9.85. The molecule has 0 saturated carbocycles. The number of benzene rings is 1. The Morgan fingerprint density at radius 1 is 1.09 bits per heavy atom. The maximum atomic E-state index is 13.2. The van der Waals surface area contributed by atoms with Gasteiger partial charge in [-0.1, -0.05) is 12.1 Å². The molecule has 0 spiro atoms. The molecule has 7 nitrogen and oxygen atoms in total. The predicted octanol–water partition coefficient (Wildman–Crippen LogP) is 4.17. The molecule has 0 unspecified atom stereocenters. The van der Waals surface area contributed by atoms with Gasteiger partial charge in [-0.15, -0.1) is 11.3 Å². The summed E-state index contributed by atoms with van der Waals surface area (Å²) in [5.74, 6) is 1.12.